The largest absolute Gasteiger partial charge is 0.391 e. The van der Waals surface area contributed by atoms with E-state index in [1.807, 2.05) is 20.9 Å². The number of unbranched alkanes of at least 4 members (excludes halogenated alkanes) is 1. The van der Waals surface area contributed by atoms with E-state index in [0.29, 0.717) is 6.42 Å². The van der Waals surface area contributed by atoms with Gasteiger partial charge in [0.05, 0.1) is 6.10 Å². The van der Waals surface area contributed by atoms with Crippen molar-refractivity contribution in [1.29, 1.82) is 0 Å². The molecule has 13 heavy (non-hydrogen) atoms. The molecule has 0 rings (SSSR count). The first-order valence-corrected chi connectivity index (χ1v) is 4.90. The second kappa shape index (κ2) is 14.4. The van der Waals surface area contributed by atoms with Crippen LogP contribution in [0.4, 0.5) is 0 Å². The summed E-state index contributed by atoms with van der Waals surface area (Å²) in [7, 11) is 1.90. The lowest BCUT2D eigenvalue weighted by Crippen LogP contribution is -2.15. The summed E-state index contributed by atoms with van der Waals surface area (Å²) in [6, 6.07) is 0. The minimum absolute atomic E-state index is 0.0134. The van der Waals surface area contributed by atoms with E-state index in [9.17, 15) is 0 Å². The zero-order valence-electron chi connectivity index (χ0n) is 8.92. The number of nitrogens with one attached hydrogen (secondary N) is 1. The van der Waals surface area contributed by atoms with Crippen LogP contribution in [0.3, 0.4) is 0 Å². The van der Waals surface area contributed by atoms with E-state index in [1.165, 1.54) is 0 Å². The van der Waals surface area contributed by atoms with Crippen molar-refractivity contribution in [2.24, 2.45) is 0 Å². The Morgan fingerprint density at radius 2 is 1.92 bits per heavy atom. The molecule has 0 bridgehead atoms. The molecular weight excluding hydrogens is 170 g/mol. The Labute approximate surface area is 80.8 Å². The molecule has 0 saturated carbocycles. The fourth-order valence-electron chi connectivity index (χ4n) is 0.851. The van der Waals surface area contributed by atoms with Crippen molar-refractivity contribution >= 4 is 0 Å². The Balaban J connectivity index is 0. The highest BCUT2D eigenvalue weighted by atomic mass is 17.1. The Morgan fingerprint density at radius 3 is 2.38 bits per heavy atom. The second-order valence-corrected chi connectivity index (χ2v) is 2.55. The molecular formula is C9H23NO3. The molecule has 0 aliphatic heterocycles. The van der Waals surface area contributed by atoms with Crippen molar-refractivity contribution in [1.82, 2.24) is 5.32 Å². The molecule has 0 amide bonds. The van der Waals surface area contributed by atoms with Crippen molar-refractivity contribution in [3.05, 3.63) is 0 Å². The van der Waals surface area contributed by atoms with Crippen molar-refractivity contribution in [3.8, 4) is 0 Å². The van der Waals surface area contributed by atoms with Gasteiger partial charge in [-0.15, -0.1) is 0 Å². The van der Waals surface area contributed by atoms with E-state index >= 15 is 0 Å². The van der Waals surface area contributed by atoms with Crippen LogP contribution in [-0.2, 0) is 4.89 Å². The predicted octanol–water partition coefficient (Wildman–Crippen LogP) is 1.25. The molecule has 0 aliphatic carbocycles. The van der Waals surface area contributed by atoms with E-state index in [-0.39, 0.29) is 6.61 Å². The van der Waals surface area contributed by atoms with E-state index in [2.05, 4.69) is 10.2 Å². The lowest BCUT2D eigenvalue weighted by Gasteiger charge is -2.06. The van der Waals surface area contributed by atoms with Crippen LogP contribution in [0.2, 0.25) is 0 Å². The molecule has 0 spiro atoms. The van der Waals surface area contributed by atoms with Gasteiger partial charge in [-0.1, -0.05) is 13.8 Å². The number of aliphatic hydroxyl groups is 1. The summed E-state index contributed by atoms with van der Waals surface area (Å²) in [5.41, 5.74) is 0. The van der Waals surface area contributed by atoms with E-state index in [1.54, 1.807) is 0 Å². The lowest BCUT2D eigenvalue weighted by molar-refractivity contribution is -0.257. The third-order valence-electron chi connectivity index (χ3n) is 1.48. The molecule has 0 radical (unpaired) electrons. The fraction of sp³-hybridized carbons (Fsp3) is 1.00. The van der Waals surface area contributed by atoms with Crippen LogP contribution in [0.5, 0.6) is 0 Å². The maximum atomic E-state index is 9.04. The number of aliphatic hydroxyl groups excluding tert-OH is 1. The molecule has 4 nitrogen and oxygen atoms in total. The predicted molar refractivity (Wildman–Crippen MR) is 53.7 cm³/mol. The van der Waals surface area contributed by atoms with Crippen molar-refractivity contribution in [3.63, 3.8) is 0 Å². The van der Waals surface area contributed by atoms with Crippen molar-refractivity contribution in [2.75, 3.05) is 20.2 Å². The van der Waals surface area contributed by atoms with Gasteiger partial charge >= 0.3 is 0 Å². The average Bonchev–Trinajstić information content (AvgIpc) is 2.16. The Morgan fingerprint density at radius 1 is 1.31 bits per heavy atom. The van der Waals surface area contributed by atoms with Crippen LogP contribution in [-0.4, -0.2) is 36.7 Å². The summed E-state index contributed by atoms with van der Waals surface area (Å²) in [4.78, 5) is 3.80. The van der Waals surface area contributed by atoms with Gasteiger partial charge in [0.2, 0.25) is 0 Å². The Hall–Kier alpha value is -0.160. The van der Waals surface area contributed by atoms with Gasteiger partial charge in [0.1, 0.15) is 6.61 Å². The summed E-state index contributed by atoms with van der Waals surface area (Å²) >= 11 is 0. The van der Waals surface area contributed by atoms with Crippen molar-refractivity contribution in [2.45, 2.75) is 39.2 Å². The van der Waals surface area contributed by atoms with Gasteiger partial charge in [0, 0.05) is 0 Å². The summed E-state index contributed by atoms with van der Waals surface area (Å²) in [6.07, 6.45) is 2.14. The van der Waals surface area contributed by atoms with Gasteiger partial charge in [0.15, 0.2) is 0 Å². The maximum Gasteiger partial charge on any atom is 0.108 e. The number of hydrogen-bond acceptors (Lipinski definition) is 4. The molecule has 3 N–H and O–H groups in total. The van der Waals surface area contributed by atoms with Crippen LogP contribution < -0.4 is 5.32 Å². The normalized spacial score (nSPS) is 11.8. The average molecular weight is 193 g/mol. The Kier molecular flexibility index (Phi) is 16.9. The molecule has 0 heterocycles. The molecule has 0 saturated heterocycles. The minimum atomic E-state index is -0.531. The summed E-state index contributed by atoms with van der Waals surface area (Å²) < 4.78 is 0. The molecule has 0 aromatic carbocycles. The fourth-order valence-corrected chi connectivity index (χ4v) is 0.851. The van der Waals surface area contributed by atoms with Crippen molar-refractivity contribution < 1.29 is 15.3 Å². The van der Waals surface area contributed by atoms with Crippen LogP contribution >= 0.6 is 0 Å². The zero-order valence-corrected chi connectivity index (χ0v) is 8.92. The first-order valence-electron chi connectivity index (χ1n) is 4.90. The number of hydrogen-bond donors (Lipinski definition) is 3. The monoisotopic (exact) mass is 193 g/mol. The highest BCUT2D eigenvalue weighted by molar-refractivity contribution is 4.53. The first-order chi connectivity index (χ1) is 6.31. The van der Waals surface area contributed by atoms with Gasteiger partial charge in [-0.3, -0.25) is 5.26 Å². The number of rotatable bonds is 7. The van der Waals surface area contributed by atoms with Gasteiger partial charge in [-0.25, -0.2) is 4.89 Å². The molecule has 0 fully saturated rings. The smallest absolute Gasteiger partial charge is 0.108 e. The molecule has 0 aliphatic rings. The van der Waals surface area contributed by atoms with Gasteiger partial charge in [-0.05, 0) is 32.9 Å². The van der Waals surface area contributed by atoms with Crippen LogP contribution in [0.15, 0.2) is 0 Å². The van der Waals surface area contributed by atoms with Gasteiger partial charge in [0.25, 0.3) is 0 Å². The highest BCUT2D eigenvalue weighted by Crippen LogP contribution is 1.99. The zero-order chi connectivity index (χ0) is 10.5. The van der Waals surface area contributed by atoms with E-state index in [4.69, 9.17) is 10.4 Å². The lowest BCUT2D eigenvalue weighted by atomic mass is 10.1. The summed E-state index contributed by atoms with van der Waals surface area (Å²) in [5.74, 6) is 0. The SMILES string of the molecule is CC.CNCCCCC(O)COO. The van der Waals surface area contributed by atoms with Crippen LogP contribution in [0.1, 0.15) is 33.1 Å². The molecule has 1 atom stereocenters. The Bertz CT molecular complexity index is 81.3. The third-order valence-corrected chi connectivity index (χ3v) is 1.48. The van der Waals surface area contributed by atoms with Gasteiger partial charge < -0.3 is 10.4 Å². The van der Waals surface area contributed by atoms with Crippen LogP contribution in [0.25, 0.3) is 0 Å². The first kappa shape index (κ1) is 15.3. The quantitative estimate of drug-likeness (QED) is 0.323. The molecule has 0 aromatic rings. The van der Waals surface area contributed by atoms with E-state index in [0.717, 1.165) is 19.4 Å². The topological polar surface area (TPSA) is 61.7 Å². The maximum absolute atomic E-state index is 9.04. The van der Waals surface area contributed by atoms with E-state index < -0.39 is 6.10 Å². The molecule has 4 heteroatoms. The highest BCUT2D eigenvalue weighted by Gasteiger charge is 2.02. The summed E-state index contributed by atoms with van der Waals surface area (Å²) in [6.45, 7) is 4.98. The summed E-state index contributed by atoms with van der Waals surface area (Å²) in [5, 5.41) is 20.0. The standard InChI is InChI=1S/C7H17NO3.C2H6/c1-8-5-3-2-4-7(9)6-11-10;1-2/h7-10H,2-6H2,1H3;1-2H3. The minimum Gasteiger partial charge on any atom is -0.391 e. The van der Waals surface area contributed by atoms with Crippen LogP contribution in [0, 0.1) is 0 Å². The molecule has 82 valence electrons. The van der Waals surface area contributed by atoms with Gasteiger partial charge in [-0.2, -0.15) is 0 Å². The third kappa shape index (κ3) is 14.7. The molecule has 1 unspecified atom stereocenters. The molecule has 0 aromatic heterocycles. The second-order valence-electron chi connectivity index (χ2n) is 2.55.